The van der Waals surface area contributed by atoms with Crippen LogP contribution >= 0.6 is 0 Å². The van der Waals surface area contributed by atoms with Gasteiger partial charge in [0, 0.05) is 42.4 Å². The maximum Gasteiger partial charge on any atom is 0.271 e. The Kier molecular flexibility index (Phi) is 8.26. The van der Waals surface area contributed by atoms with Gasteiger partial charge >= 0.3 is 0 Å². The first-order chi connectivity index (χ1) is 20.6. The number of methoxy groups -OCH3 is 2. The van der Waals surface area contributed by atoms with Crippen molar-refractivity contribution in [2.45, 2.75) is 31.8 Å². The van der Waals surface area contributed by atoms with E-state index in [2.05, 4.69) is 57.2 Å². The van der Waals surface area contributed by atoms with Crippen molar-refractivity contribution in [1.29, 1.82) is 0 Å². The average molecular weight is 567 g/mol. The van der Waals surface area contributed by atoms with Crippen LogP contribution in [0.3, 0.4) is 0 Å². The summed E-state index contributed by atoms with van der Waals surface area (Å²) in [5.41, 5.74) is 9.68. The number of rotatable bonds is 8. The molecule has 0 radical (unpaired) electrons. The monoisotopic (exact) mass is 566 g/mol. The second kappa shape index (κ2) is 12.4. The molecule has 2 aliphatic heterocycles. The summed E-state index contributed by atoms with van der Waals surface area (Å²) in [6.45, 7) is 6.20. The van der Waals surface area contributed by atoms with E-state index in [-0.39, 0.29) is 17.9 Å². The van der Waals surface area contributed by atoms with Crippen LogP contribution in [0, 0.1) is 5.92 Å². The molecule has 2 heterocycles. The molecule has 0 aromatic heterocycles. The number of hydrogen-bond acceptors (Lipinski definition) is 7. The first-order valence-corrected chi connectivity index (χ1v) is 14.6. The number of morpholine rings is 1. The van der Waals surface area contributed by atoms with E-state index in [4.69, 9.17) is 14.2 Å². The molecule has 0 saturated carbocycles. The SMILES string of the molecule is COc1cccc([C@@H]2Nc3ccc(/C(C)=N\NC(=O)c4ccc(CN5CCOCC5)cc4)cc3[C@@H]3C=CC[C@@H]32)c1OC. The maximum absolute atomic E-state index is 12.8. The fourth-order valence-electron chi connectivity index (χ4n) is 6.33. The Balaban J connectivity index is 1.16. The van der Waals surface area contributed by atoms with Crippen LogP contribution in [0.5, 0.6) is 11.5 Å². The summed E-state index contributed by atoms with van der Waals surface area (Å²) in [7, 11) is 3.36. The third-order valence-corrected chi connectivity index (χ3v) is 8.60. The third-order valence-electron chi connectivity index (χ3n) is 8.60. The molecule has 0 bridgehead atoms. The lowest BCUT2D eigenvalue weighted by molar-refractivity contribution is 0.0342. The normalized spacial score (nSPS) is 21.7. The van der Waals surface area contributed by atoms with Gasteiger partial charge in [0.1, 0.15) is 0 Å². The van der Waals surface area contributed by atoms with Gasteiger partial charge in [0.25, 0.3) is 5.91 Å². The van der Waals surface area contributed by atoms with E-state index in [1.807, 2.05) is 43.3 Å². The summed E-state index contributed by atoms with van der Waals surface area (Å²) in [6, 6.07) is 20.3. The molecule has 0 unspecified atom stereocenters. The molecule has 8 nitrogen and oxygen atoms in total. The van der Waals surface area contributed by atoms with Gasteiger partial charge in [-0.15, -0.1) is 0 Å². The summed E-state index contributed by atoms with van der Waals surface area (Å²) < 4.78 is 16.8. The number of fused-ring (bicyclic) bond motifs is 3. The Labute approximate surface area is 247 Å². The zero-order chi connectivity index (χ0) is 29.1. The second-order valence-electron chi connectivity index (χ2n) is 11.1. The molecule has 2 N–H and O–H groups in total. The van der Waals surface area contributed by atoms with E-state index in [0.29, 0.717) is 11.5 Å². The average Bonchev–Trinajstić information content (AvgIpc) is 3.54. The number of carbonyl (C=O) groups excluding carboxylic acids is 1. The van der Waals surface area contributed by atoms with Gasteiger partial charge in [-0.3, -0.25) is 9.69 Å². The van der Waals surface area contributed by atoms with Gasteiger partial charge in [0.05, 0.1) is 39.2 Å². The Morgan fingerprint density at radius 1 is 1.02 bits per heavy atom. The van der Waals surface area contributed by atoms with Crippen molar-refractivity contribution in [2.75, 3.05) is 45.8 Å². The van der Waals surface area contributed by atoms with Crippen LogP contribution in [0.2, 0.25) is 0 Å². The summed E-state index contributed by atoms with van der Waals surface area (Å²) in [5, 5.41) is 8.24. The topological polar surface area (TPSA) is 84.4 Å². The first-order valence-electron chi connectivity index (χ1n) is 14.6. The van der Waals surface area contributed by atoms with Crippen LogP contribution in [0.15, 0.2) is 77.9 Å². The minimum absolute atomic E-state index is 0.0858. The van der Waals surface area contributed by atoms with E-state index >= 15 is 0 Å². The predicted molar refractivity (Wildman–Crippen MR) is 165 cm³/mol. The molecule has 8 heteroatoms. The summed E-state index contributed by atoms with van der Waals surface area (Å²) in [5.74, 6) is 1.89. The summed E-state index contributed by atoms with van der Waals surface area (Å²) in [4.78, 5) is 15.2. The van der Waals surface area contributed by atoms with E-state index in [9.17, 15) is 4.79 Å². The number of para-hydroxylation sites is 1. The molecule has 218 valence electrons. The number of allylic oxidation sites excluding steroid dienone is 2. The van der Waals surface area contributed by atoms with Crippen LogP contribution < -0.4 is 20.2 Å². The van der Waals surface area contributed by atoms with Crippen molar-refractivity contribution in [3.8, 4) is 11.5 Å². The molecule has 3 aromatic carbocycles. The van der Waals surface area contributed by atoms with Crippen molar-refractivity contribution < 1.29 is 19.0 Å². The van der Waals surface area contributed by atoms with Crippen LogP contribution in [-0.4, -0.2) is 57.0 Å². The molecule has 1 amide bonds. The molecule has 3 aromatic rings. The molecule has 1 saturated heterocycles. The van der Waals surface area contributed by atoms with Crippen molar-refractivity contribution in [2.24, 2.45) is 11.0 Å². The Morgan fingerprint density at radius 3 is 2.57 bits per heavy atom. The maximum atomic E-state index is 12.8. The van der Waals surface area contributed by atoms with Crippen LogP contribution in [0.25, 0.3) is 0 Å². The quantitative estimate of drug-likeness (QED) is 0.212. The highest BCUT2D eigenvalue weighted by Crippen LogP contribution is 2.52. The molecular weight excluding hydrogens is 528 g/mol. The number of ether oxygens (including phenoxy) is 3. The van der Waals surface area contributed by atoms with Crippen molar-refractivity contribution in [1.82, 2.24) is 10.3 Å². The lowest BCUT2D eigenvalue weighted by Gasteiger charge is -2.38. The van der Waals surface area contributed by atoms with Gasteiger partial charge in [-0.2, -0.15) is 5.10 Å². The fourth-order valence-corrected chi connectivity index (χ4v) is 6.33. The minimum Gasteiger partial charge on any atom is -0.493 e. The largest absolute Gasteiger partial charge is 0.493 e. The van der Waals surface area contributed by atoms with Gasteiger partial charge in [-0.1, -0.05) is 42.5 Å². The zero-order valence-electron chi connectivity index (χ0n) is 24.4. The minimum atomic E-state index is -0.222. The summed E-state index contributed by atoms with van der Waals surface area (Å²) in [6.07, 6.45) is 5.55. The number of nitrogens with zero attached hydrogens (tertiary/aromatic N) is 2. The summed E-state index contributed by atoms with van der Waals surface area (Å²) >= 11 is 0. The number of hydrazone groups is 1. The number of carbonyl (C=O) groups is 1. The molecule has 42 heavy (non-hydrogen) atoms. The van der Waals surface area contributed by atoms with Gasteiger partial charge in [0.15, 0.2) is 11.5 Å². The van der Waals surface area contributed by atoms with Crippen LogP contribution in [-0.2, 0) is 11.3 Å². The van der Waals surface area contributed by atoms with Gasteiger partial charge in [-0.05, 0) is 66.3 Å². The first kappa shape index (κ1) is 28.0. The number of hydrogen-bond donors (Lipinski definition) is 2. The lowest BCUT2D eigenvalue weighted by Crippen LogP contribution is -2.35. The van der Waals surface area contributed by atoms with E-state index in [1.54, 1.807) is 14.2 Å². The molecular formula is C34H38N4O4. The van der Waals surface area contributed by atoms with Crippen molar-refractivity contribution in [3.05, 3.63) is 101 Å². The highest BCUT2D eigenvalue weighted by atomic mass is 16.5. The van der Waals surface area contributed by atoms with E-state index in [1.165, 1.54) is 11.1 Å². The van der Waals surface area contributed by atoms with Gasteiger partial charge in [-0.25, -0.2) is 5.43 Å². The molecule has 1 fully saturated rings. The molecule has 6 rings (SSSR count). The van der Waals surface area contributed by atoms with Crippen molar-refractivity contribution >= 4 is 17.3 Å². The Morgan fingerprint density at radius 2 is 1.81 bits per heavy atom. The third kappa shape index (κ3) is 5.65. The van der Waals surface area contributed by atoms with E-state index < -0.39 is 0 Å². The lowest BCUT2D eigenvalue weighted by atomic mass is 9.76. The standard InChI is InChI=1S/C34H38N4O4/c1-22(36-37-34(39)24-12-10-23(11-13-24)21-38-16-18-42-19-17-38)25-14-15-30-29(20-25)26-6-4-7-27(26)32(35-30)28-8-5-9-31(40-2)33(28)41-3/h4-6,8-15,20,26-27,32,35H,7,16-19,21H2,1-3H3,(H,37,39)/b36-22-/t26-,27+,32-/m1/s1. The highest BCUT2D eigenvalue weighted by molar-refractivity contribution is 6.01. The Bertz CT molecular complexity index is 1490. The van der Waals surface area contributed by atoms with Crippen LogP contribution in [0.1, 0.15) is 57.9 Å². The van der Waals surface area contributed by atoms with E-state index in [0.717, 1.165) is 73.3 Å². The number of nitrogens with one attached hydrogen (secondary N) is 2. The predicted octanol–water partition coefficient (Wildman–Crippen LogP) is 5.52. The second-order valence-corrected chi connectivity index (χ2v) is 11.1. The van der Waals surface area contributed by atoms with Crippen molar-refractivity contribution in [3.63, 3.8) is 0 Å². The number of amides is 1. The number of benzene rings is 3. The smallest absolute Gasteiger partial charge is 0.271 e. The highest BCUT2D eigenvalue weighted by Gasteiger charge is 2.39. The molecule has 3 atom stereocenters. The van der Waals surface area contributed by atoms with Gasteiger partial charge < -0.3 is 19.5 Å². The molecule has 1 aliphatic carbocycles. The zero-order valence-corrected chi connectivity index (χ0v) is 24.4. The fraction of sp³-hybridized carbons (Fsp3) is 0.353. The van der Waals surface area contributed by atoms with Crippen LogP contribution in [0.4, 0.5) is 5.69 Å². The Hall–Kier alpha value is -4.14. The number of anilines is 1. The molecule has 3 aliphatic rings. The molecule has 0 spiro atoms. The van der Waals surface area contributed by atoms with Gasteiger partial charge in [0.2, 0.25) is 0 Å².